The lowest BCUT2D eigenvalue weighted by Crippen LogP contribution is -2.19. The molecular formula is C23H23BrClN3O3. The first-order valence-corrected chi connectivity index (χ1v) is 10.9. The number of nitrogens with one attached hydrogen (secondary N) is 1. The van der Waals surface area contributed by atoms with Crippen LogP contribution in [0.1, 0.15) is 23.6 Å². The normalized spacial score (nSPS) is 11.0. The second-order valence-electron chi connectivity index (χ2n) is 6.69. The SMILES string of the molecule is CCn1cc(CNC(=O)/C=C\c2ccc(OC)c(COc3ccc(Cl)cc3Br)c2)cn1. The summed E-state index contributed by atoms with van der Waals surface area (Å²) in [7, 11) is 1.61. The molecule has 0 unspecified atom stereocenters. The van der Waals surface area contributed by atoms with Gasteiger partial charge in [0.25, 0.3) is 0 Å². The van der Waals surface area contributed by atoms with Gasteiger partial charge in [-0.1, -0.05) is 17.7 Å². The molecule has 1 heterocycles. The lowest BCUT2D eigenvalue weighted by molar-refractivity contribution is -0.116. The largest absolute Gasteiger partial charge is 0.496 e. The molecule has 0 bridgehead atoms. The second-order valence-corrected chi connectivity index (χ2v) is 7.98. The van der Waals surface area contributed by atoms with Crippen molar-refractivity contribution in [2.75, 3.05) is 7.11 Å². The number of amides is 1. The minimum Gasteiger partial charge on any atom is -0.496 e. The van der Waals surface area contributed by atoms with Crippen LogP contribution in [0.15, 0.2) is 59.3 Å². The highest BCUT2D eigenvalue weighted by atomic mass is 79.9. The van der Waals surface area contributed by atoms with E-state index in [-0.39, 0.29) is 5.91 Å². The Bertz CT molecular complexity index is 1080. The highest BCUT2D eigenvalue weighted by Crippen LogP contribution is 2.30. The van der Waals surface area contributed by atoms with Crippen molar-refractivity contribution >= 4 is 39.5 Å². The molecule has 162 valence electrons. The zero-order chi connectivity index (χ0) is 22.2. The number of aryl methyl sites for hydroxylation is 1. The van der Waals surface area contributed by atoms with Crippen LogP contribution < -0.4 is 14.8 Å². The van der Waals surface area contributed by atoms with E-state index in [1.807, 2.05) is 36.0 Å². The number of methoxy groups -OCH3 is 1. The zero-order valence-corrected chi connectivity index (χ0v) is 19.6. The van der Waals surface area contributed by atoms with Crippen molar-refractivity contribution in [1.29, 1.82) is 0 Å². The van der Waals surface area contributed by atoms with Crippen LogP contribution in [-0.2, 0) is 24.5 Å². The molecule has 0 aliphatic rings. The molecule has 0 saturated carbocycles. The molecule has 0 fully saturated rings. The van der Waals surface area contributed by atoms with Crippen LogP contribution in [0.3, 0.4) is 0 Å². The molecule has 6 nitrogen and oxygen atoms in total. The van der Waals surface area contributed by atoms with Crippen LogP contribution >= 0.6 is 27.5 Å². The summed E-state index contributed by atoms with van der Waals surface area (Å²) in [5, 5.41) is 7.68. The van der Waals surface area contributed by atoms with Crippen molar-refractivity contribution in [3.63, 3.8) is 0 Å². The Balaban J connectivity index is 1.62. The summed E-state index contributed by atoms with van der Waals surface area (Å²) in [4.78, 5) is 12.2. The first-order valence-electron chi connectivity index (χ1n) is 9.70. The third-order valence-corrected chi connectivity index (χ3v) is 5.34. The summed E-state index contributed by atoms with van der Waals surface area (Å²) in [5.41, 5.74) is 2.68. The number of rotatable bonds is 9. The van der Waals surface area contributed by atoms with Crippen molar-refractivity contribution < 1.29 is 14.3 Å². The Kier molecular flexibility index (Phi) is 8.14. The van der Waals surface area contributed by atoms with Gasteiger partial charge in [-0.3, -0.25) is 9.48 Å². The number of carbonyl (C=O) groups excluding carboxylic acids is 1. The maximum atomic E-state index is 12.2. The fraction of sp³-hybridized carbons (Fsp3) is 0.217. The molecule has 0 atom stereocenters. The van der Waals surface area contributed by atoms with Gasteiger partial charge in [0.15, 0.2) is 0 Å². The van der Waals surface area contributed by atoms with Gasteiger partial charge >= 0.3 is 0 Å². The van der Waals surface area contributed by atoms with Gasteiger partial charge in [-0.2, -0.15) is 5.10 Å². The summed E-state index contributed by atoms with van der Waals surface area (Å²) in [5.74, 6) is 1.21. The lowest BCUT2D eigenvalue weighted by atomic mass is 10.1. The van der Waals surface area contributed by atoms with Gasteiger partial charge in [0, 0.05) is 41.5 Å². The average molecular weight is 505 g/mol. The minimum atomic E-state index is -0.178. The van der Waals surface area contributed by atoms with Gasteiger partial charge in [-0.15, -0.1) is 0 Å². The molecule has 0 aliphatic heterocycles. The Hall–Kier alpha value is -2.77. The maximum Gasteiger partial charge on any atom is 0.244 e. The van der Waals surface area contributed by atoms with Gasteiger partial charge < -0.3 is 14.8 Å². The van der Waals surface area contributed by atoms with Crippen molar-refractivity contribution in [1.82, 2.24) is 15.1 Å². The van der Waals surface area contributed by atoms with Gasteiger partial charge in [0.1, 0.15) is 18.1 Å². The number of benzene rings is 2. The number of aromatic nitrogens is 2. The molecule has 1 N–H and O–H groups in total. The Morgan fingerprint density at radius 1 is 1.26 bits per heavy atom. The summed E-state index contributed by atoms with van der Waals surface area (Å²) in [6.07, 6.45) is 6.93. The molecule has 8 heteroatoms. The van der Waals surface area contributed by atoms with Crippen LogP contribution in [0.4, 0.5) is 0 Å². The molecule has 1 aromatic heterocycles. The van der Waals surface area contributed by atoms with E-state index in [0.717, 1.165) is 27.7 Å². The molecule has 0 aliphatic carbocycles. The molecule has 3 aromatic rings. The molecule has 1 amide bonds. The van der Waals surface area contributed by atoms with E-state index in [2.05, 4.69) is 26.3 Å². The van der Waals surface area contributed by atoms with Gasteiger partial charge in [0.05, 0.1) is 17.8 Å². The number of nitrogens with zero attached hydrogens (tertiary/aromatic N) is 2. The van der Waals surface area contributed by atoms with Gasteiger partial charge in [-0.05, 0) is 64.8 Å². The van der Waals surface area contributed by atoms with E-state index in [0.29, 0.717) is 29.7 Å². The predicted octanol–water partition coefficient (Wildman–Crippen LogP) is 5.24. The second kappa shape index (κ2) is 11.0. The molecule has 0 radical (unpaired) electrons. The Morgan fingerprint density at radius 2 is 2.06 bits per heavy atom. The first kappa shape index (κ1) is 22.9. The number of ether oxygens (including phenoxy) is 2. The third-order valence-electron chi connectivity index (χ3n) is 4.49. The summed E-state index contributed by atoms with van der Waals surface area (Å²) in [6, 6.07) is 11.0. The standard InChI is InChI=1S/C23H23BrClN3O3/c1-3-28-14-17(13-27-28)12-26-23(29)9-5-16-4-7-21(30-2)18(10-16)15-31-22-8-6-19(25)11-20(22)24/h4-11,13-14H,3,12,15H2,1-2H3,(H,26,29)/b9-5-. The fourth-order valence-corrected chi connectivity index (χ4v) is 3.65. The number of hydrogen-bond acceptors (Lipinski definition) is 4. The molecule has 0 saturated heterocycles. The van der Waals surface area contributed by atoms with Crippen molar-refractivity contribution in [2.45, 2.75) is 26.6 Å². The lowest BCUT2D eigenvalue weighted by Gasteiger charge is -2.12. The zero-order valence-electron chi connectivity index (χ0n) is 17.3. The van der Waals surface area contributed by atoms with E-state index < -0.39 is 0 Å². The van der Waals surface area contributed by atoms with Crippen molar-refractivity contribution in [3.05, 3.63) is 81.1 Å². The number of halogens is 2. The van der Waals surface area contributed by atoms with Crippen LogP contribution in [0.25, 0.3) is 6.08 Å². The Morgan fingerprint density at radius 3 is 2.77 bits per heavy atom. The molecule has 31 heavy (non-hydrogen) atoms. The topological polar surface area (TPSA) is 65.4 Å². The molecular weight excluding hydrogens is 482 g/mol. The van der Waals surface area contributed by atoms with Crippen LogP contribution in [0, 0.1) is 0 Å². The number of carbonyl (C=O) groups is 1. The molecule has 3 rings (SSSR count). The van der Waals surface area contributed by atoms with E-state index in [4.69, 9.17) is 21.1 Å². The van der Waals surface area contributed by atoms with E-state index in [9.17, 15) is 4.79 Å². The van der Waals surface area contributed by atoms with Crippen LogP contribution in [0.5, 0.6) is 11.5 Å². The summed E-state index contributed by atoms with van der Waals surface area (Å²) in [6.45, 7) is 3.55. The average Bonchev–Trinajstić information content (AvgIpc) is 3.24. The fourth-order valence-electron chi connectivity index (χ4n) is 2.85. The van der Waals surface area contributed by atoms with E-state index in [1.54, 1.807) is 37.6 Å². The number of hydrogen-bond donors (Lipinski definition) is 1. The highest BCUT2D eigenvalue weighted by molar-refractivity contribution is 9.10. The monoisotopic (exact) mass is 503 g/mol. The van der Waals surface area contributed by atoms with E-state index in [1.165, 1.54) is 6.08 Å². The highest BCUT2D eigenvalue weighted by Gasteiger charge is 2.08. The molecule has 2 aromatic carbocycles. The van der Waals surface area contributed by atoms with Crippen LogP contribution in [-0.4, -0.2) is 22.8 Å². The Labute approximate surface area is 194 Å². The van der Waals surface area contributed by atoms with Crippen LogP contribution in [0.2, 0.25) is 5.02 Å². The smallest absolute Gasteiger partial charge is 0.244 e. The summed E-state index contributed by atoms with van der Waals surface area (Å²) >= 11 is 9.42. The minimum absolute atomic E-state index is 0.178. The maximum absolute atomic E-state index is 12.2. The summed E-state index contributed by atoms with van der Waals surface area (Å²) < 4.78 is 13.9. The van der Waals surface area contributed by atoms with Gasteiger partial charge in [0.2, 0.25) is 5.91 Å². The van der Waals surface area contributed by atoms with Crippen molar-refractivity contribution in [3.8, 4) is 11.5 Å². The van der Waals surface area contributed by atoms with E-state index >= 15 is 0 Å². The first-order chi connectivity index (χ1) is 15.0. The van der Waals surface area contributed by atoms with Gasteiger partial charge in [-0.25, -0.2) is 0 Å². The quantitative estimate of drug-likeness (QED) is 0.405. The predicted molar refractivity (Wildman–Crippen MR) is 125 cm³/mol. The third kappa shape index (κ3) is 6.60. The van der Waals surface area contributed by atoms with Crippen molar-refractivity contribution in [2.24, 2.45) is 0 Å². The molecule has 0 spiro atoms.